The fourth-order valence-corrected chi connectivity index (χ4v) is 4.02. The van der Waals surface area contributed by atoms with Crippen molar-refractivity contribution in [1.29, 1.82) is 0 Å². The van der Waals surface area contributed by atoms with Crippen LogP contribution >= 0.6 is 0 Å². The zero-order valence-corrected chi connectivity index (χ0v) is 18.4. The molecule has 30 heavy (non-hydrogen) atoms. The van der Waals surface area contributed by atoms with Crippen molar-refractivity contribution in [2.45, 2.75) is 27.3 Å². The highest BCUT2D eigenvalue weighted by Crippen LogP contribution is 2.19. The zero-order valence-electron chi connectivity index (χ0n) is 18.4. The van der Waals surface area contributed by atoms with Crippen molar-refractivity contribution in [3.8, 4) is 5.75 Å². The van der Waals surface area contributed by atoms with Gasteiger partial charge in [0.15, 0.2) is 12.3 Å². The number of piperazine rings is 1. The molecule has 1 fully saturated rings. The molecule has 0 bridgehead atoms. The fourth-order valence-electron chi connectivity index (χ4n) is 4.02. The molecule has 6 nitrogen and oxygen atoms in total. The maximum absolute atomic E-state index is 12.5. The summed E-state index contributed by atoms with van der Waals surface area (Å²) in [4.78, 5) is 27.0. The molecule has 3 N–H and O–H groups in total. The van der Waals surface area contributed by atoms with Gasteiger partial charge in [-0.05, 0) is 56.2 Å². The first kappa shape index (κ1) is 22.0. The number of benzene rings is 2. The number of methoxy groups -OCH3 is 1. The number of aryl methyl sites for hydroxylation is 1. The Hall–Kier alpha value is -2.70. The van der Waals surface area contributed by atoms with E-state index in [4.69, 9.17) is 4.74 Å². The molecule has 0 atom stereocenters. The molecule has 2 aromatic rings. The van der Waals surface area contributed by atoms with Crippen LogP contribution in [0.5, 0.6) is 5.75 Å². The van der Waals surface area contributed by atoms with Gasteiger partial charge in [0.1, 0.15) is 38.5 Å². The number of hydrogen-bond donors (Lipinski definition) is 3. The Bertz CT molecular complexity index is 918. The minimum Gasteiger partial charge on any atom is -0.496 e. The molecule has 1 heterocycles. The van der Waals surface area contributed by atoms with Gasteiger partial charge in [-0.25, -0.2) is 0 Å². The molecule has 0 spiro atoms. The second kappa shape index (κ2) is 9.87. The summed E-state index contributed by atoms with van der Waals surface area (Å²) in [6, 6.07) is 11.6. The van der Waals surface area contributed by atoms with E-state index in [1.54, 1.807) is 14.0 Å². The normalized spacial score (nSPS) is 18.7. The SMILES string of the molecule is COc1ccc(C(C)=O)cc1C[NH+]1CC[NH+](CC(=O)Nc2cccc(C)c2C)CC1. The molecule has 0 aliphatic carbocycles. The number of anilines is 1. The van der Waals surface area contributed by atoms with Crippen LogP contribution < -0.4 is 19.9 Å². The molecular weight excluding hydrogens is 378 g/mol. The summed E-state index contributed by atoms with van der Waals surface area (Å²) in [6.07, 6.45) is 0. The monoisotopic (exact) mass is 411 g/mol. The number of carbonyl (C=O) groups is 2. The van der Waals surface area contributed by atoms with Crippen LogP contribution in [0.1, 0.15) is 34.0 Å². The smallest absolute Gasteiger partial charge is 0.279 e. The summed E-state index contributed by atoms with van der Waals surface area (Å²) in [6.45, 7) is 10.9. The van der Waals surface area contributed by atoms with Gasteiger partial charge >= 0.3 is 0 Å². The number of nitrogens with one attached hydrogen (secondary N) is 3. The van der Waals surface area contributed by atoms with Crippen LogP contribution in [0.25, 0.3) is 0 Å². The van der Waals surface area contributed by atoms with E-state index in [-0.39, 0.29) is 11.7 Å². The molecule has 0 saturated carbocycles. The van der Waals surface area contributed by atoms with Crippen LogP contribution in [0, 0.1) is 13.8 Å². The first-order valence-corrected chi connectivity index (χ1v) is 10.6. The van der Waals surface area contributed by atoms with Crippen molar-refractivity contribution in [1.82, 2.24) is 0 Å². The highest BCUT2D eigenvalue weighted by Gasteiger charge is 2.26. The summed E-state index contributed by atoms with van der Waals surface area (Å²) in [7, 11) is 1.66. The van der Waals surface area contributed by atoms with Gasteiger partial charge in [-0.1, -0.05) is 12.1 Å². The van der Waals surface area contributed by atoms with Gasteiger partial charge in [-0.15, -0.1) is 0 Å². The Labute approximate surface area is 178 Å². The lowest BCUT2D eigenvalue weighted by Crippen LogP contribution is -3.28. The number of amides is 1. The maximum Gasteiger partial charge on any atom is 0.279 e. The van der Waals surface area contributed by atoms with Crippen LogP contribution in [0.3, 0.4) is 0 Å². The topological polar surface area (TPSA) is 64.3 Å². The minimum absolute atomic E-state index is 0.0676. The van der Waals surface area contributed by atoms with Gasteiger partial charge in [0.2, 0.25) is 0 Å². The number of carbonyl (C=O) groups excluding carboxylic acids is 2. The first-order chi connectivity index (χ1) is 14.4. The number of ether oxygens (including phenoxy) is 1. The Balaban J connectivity index is 1.53. The standard InChI is InChI=1S/C24H31N3O3/c1-17-6-5-7-22(18(17)2)25-24(29)16-27-12-10-26(11-13-27)15-21-14-20(19(3)28)8-9-23(21)30-4/h5-9,14H,10-13,15-16H2,1-4H3,(H,25,29)/p+2. The van der Waals surface area contributed by atoms with Gasteiger partial charge in [0, 0.05) is 16.8 Å². The second-order valence-corrected chi connectivity index (χ2v) is 8.23. The fraction of sp³-hybridized carbons (Fsp3) is 0.417. The number of quaternary nitrogens is 2. The molecule has 1 aliphatic heterocycles. The quantitative estimate of drug-likeness (QED) is 0.580. The molecule has 0 radical (unpaired) electrons. The number of rotatable bonds is 7. The first-order valence-electron chi connectivity index (χ1n) is 10.6. The van der Waals surface area contributed by atoms with E-state index in [1.165, 1.54) is 15.4 Å². The van der Waals surface area contributed by atoms with Crippen molar-refractivity contribution in [3.63, 3.8) is 0 Å². The van der Waals surface area contributed by atoms with Crippen LogP contribution in [0.2, 0.25) is 0 Å². The van der Waals surface area contributed by atoms with E-state index >= 15 is 0 Å². The summed E-state index contributed by atoms with van der Waals surface area (Å²) in [5.41, 5.74) is 4.99. The molecule has 1 aliphatic rings. The molecule has 0 aromatic heterocycles. The third kappa shape index (κ3) is 5.46. The van der Waals surface area contributed by atoms with Gasteiger partial charge < -0.3 is 19.9 Å². The summed E-state index contributed by atoms with van der Waals surface area (Å²) in [5.74, 6) is 0.964. The van der Waals surface area contributed by atoms with E-state index in [0.717, 1.165) is 60.9 Å². The van der Waals surface area contributed by atoms with Crippen LogP contribution in [0.4, 0.5) is 5.69 Å². The number of Topliss-reactive ketones (excluding diaryl/α,β-unsaturated/α-hetero) is 1. The Kier molecular flexibility index (Phi) is 7.24. The van der Waals surface area contributed by atoms with Gasteiger partial charge in [-0.3, -0.25) is 9.59 Å². The average Bonchev–Trinajstić information content (AvgIpc) is 2.72. The Morgan fingerprint density at radius 1 is 1.03 bits per heavy atom. The minimum atomic E-state index is 0.0676. The van der Waals surface area contributed by atoms with Crippen LogP contribution in [-0.2, 0) is 11.3 Å². The molecular formula is C24H33N3O3+2. The lowest BCUT2D eigenvalue weighted by Gasteiger charge is -2.29. The van der Waals surface area contributed by atoms with E-state index in [2.05, 4.69) is 18.3 Å². The van der Waals surface area contributed by atoms with Crippen molar-refractivity contribution < 1.29 is 24.1 Å². The Morgan fingerprint density at radius 2 is 1.73 bits per heavy atom. The largest absolute Gasteiger partial charge is 0.496 e. The predicted molar refractivity (Wildman–Crippen MR) is 118 cm³/mol. The van der Waals surface area contributed by atoms with Gasteiger partial charge in [0.25, 0.3) is 5.91 Å². The highest BCUT2D eigenvalue weighted by molar-refractivity contribution is 5.94. The predicted octanol–water partition coefficient (Wildman–Crippen LogP) is 0.437. The average molecular weight is 412 g/mol. The van der Waals surface area contributed by atoms with Crippen molar-refractivity contribution in [3.05, 3.63) is 58.7 Å². The molecule has 6 heteroatoms. The van der Waals surface area contributed by atoms with Crippen LogP contribution in [0.15, 0.2) is 36.4 Å². The van der Waals surface area contributed by atoms with Gasteiger partial charge in [-0.2, -0.15) is 0 Å². The Morgan fingerprint density at radius 3 is 2.40 bits per heavy atom. The zero-order chi connectivity index (χ0) is 21.7. The molecule has 1 saturated heterocycles. The maximum atomic E-state index is 12.5. The summed E-state index contributed by atoms with van der Waals surface area (Å²) < 4.78 is 5.49. The summed E-state index contributed by atoms with van der Waals surface area (Å²) in [5, 5.41) is 3.07. The van der Waals surface area contributed by atoms with Gasteiger partial charge in [0.05, 0.1) is 7.11 Å². The van der Waals surface area contributed by atoms with Crippen molar-refractivity contribution >= 4 is 17.4 Å². The van der Waals surface area contributed by atoms with E-state index in [0.29, 0.717) is 6.54 Å². The van der Waals surface area contributed by atoms with E-state index in [1.807, 2.05) is 37.3 Å². The molecule has 0 unspecified atom stereocenters. The third-order valence-electron chi connectivity index (χ3n) is 6.08. The van der Waals surface area contributed by atoms with Crippen molar-refractivity contribution in [2.24, 2.45) is 0 Å². The highest BCUT2D eigenvalue weighted by atomic mass is 16.5. The lowest BCUT2D eigenvalue weighted by molar-refractivity contribution is -1.02. The third-order valence-corrected chi connectivity index (χ3v) is 6.08. The molecule has 3 rings (SSSR count). The number of hydrogen-bond acceptors (Lipinski definition) is 3. The van der Waals surface area contributed by atoms with E-state index in [9.17, 15) is 9.59 Å². The van der Waals surface area contributed by atoms with Crippen LogP contribution in [-0.4, -0.2) is 51.5 Å². The van der Waals surface area contributed by atoms with Crippen molar-refractivity contribution in [2.75, 3.05) is 45.2 Å². The van der Waals surface area contributed by atoms with E-state index < -0.39 is 0 Å². The number of ketones is 1. The second-order valence-electron chi connectivity index (χ2n) is 8.23. The molecule has 1 amide bonds. The summed E-state index contributed by atoms with van der Waals surface area (Å²) >= 11 is 0. The molecule has 160 valence electrons. The lowest BCUT2D eigenvalue weighted by atomic mass is 10.1. The molecule has 2 aromatic carbocycles.